The third kappa shape index (κ3) is 5.52. The second-order valence-electron chi connectivity index (χ2n) is 3.16. The molecular formula is C8H15NO3S. The molecule has 0 aromatic rings. The summed E-state index contributed by atoms with van der Waals surface area (Å²) in [4.78, 5) is 21.6. The normalized spacial score (nSPS) is 12.6. The van der Waals surface area contributed by atoms with Crippen molar-refractivity contribution in [1.82, 2.24) is 5.32 Å². The van der Waals surface area contributed by atoms with Crippen molar-refractivity contribution in [3.8, 4) is 0 Å². The number of hydrogen-bond donors (Lipinski definition) is 2. The van der Waals surface area contributed by atoms with E-state index >= 15 is 0 Å². The van der Waals surface area contributed by atoms with Crippen LogP contribution in [0.3, 0.4) is 0 Å². The molecular weight excluding hydrogens is 190 g/mol. The van der Waals surface area contributed by atoms with Gasteiger partial charge in [-0.3, -0.25) is 4.79 Å². The van der Waals surface area contributed by atoms with E-state index in [1.54, 1.807) is 6.26 Å². The Hall–Kier alpha value is -0.710. The van der Waals surface area contributed by atoms with E-state index in [1.165, 1.54) is 0 Å². The third-order valence-electron chi connectivity index (χ3n) is 1.48. The number of carbonyl (C=O) groups excluding carboxylic acids is 1. The van der Waals surface area contributed by atoms with Crippen LogP contribution >= 0.6 is 11.8 Å². The molecule has 13 heavy (non-hydrogen) atoms. The van der Waals surface area contributed by atoms with E-state index in [9.17, 15) is 9.59 Å². The van der Waals surface area contributed by atoms with E-state index in [2.05, 4.69) is 5.32 Å². The summed E-state index contributed by atoms with van der Waals surface area (Å²) in [5.41, 5.74) is 0. The third-order valence-corrected chi connectivity index (χ3v) is 1.97. The highest BCUT2D eigenvalue weighted by Crippen LogP contribution is 2.06. The summed E-state index contributed by atoms with van der Waals surface area (Å²) in [7, 11) is 0. The Kier molecular flexibility index (Phi) is 5.53. The number of amides is 1. The van der Waals surface area contributed by atoms with Crippen LogP contribution in [0.15, 0.2) is 0 Å². The van der Waals surface area contributed by atoms with Crippen molar-refractivity contribution in [3.05, 3.63) is 0 Å². The van der Waals surface area contributed by atoms with Crippen LogP contribution in [-0.2, 0) is 4.79 Å². The molecule has 0 aromatic heterocycles. The number of thioether (sulfide) groups is 1. The maximum absolute atomic E-state index is 10.9. The molecule has 0 heterocycles. The van der Waals surface area contributed by atoms with Crippen molar-refractivity contribution in [1.29, 1.82) is 0 Å². The molecule has 0 spiro atoms. The quantitative estimate of drug-likeness (QED) is 0.731. The number of rotatable bonds is 4. The Labute approximate surface area is 82.1 Å². The van der Waals surface area contributed by atoms with Crippen LogP contribution in [0, 0.1) is 5.92 Å². The van der Waals surface area contributed by atoms with Gasteiger partial charge in [0.25, 0.3) is 5.24 Å². The highest BCUT2D eigenvalue weighted by molar-refractivity contribution is 8.12. The van der Waals surface area contributed by atoms with Crippen molar-refractivity contribution < 1.29 is 14.7 Å². The van der Waals surface area contributed by atoms with Crippen LogP contribution in [0.25, 0.3) is 0 Å². The highest BCUT2D eigenvalue weighted by atomic mass is 32.2. The van der Waals surface area contributed by atoms with E-state index in [0.29, 0.717) is 6.42 Å². The molecule has 4 nitrogen and oxygen atoms in total. The van der Waals surface area contributed by atoms with Gasteiger partial charge in [0.1, 0.15) is 6.04 Å². The van der Waals surface area contributed by atoms with Gasteiger partial charge < -0.3 is 10.4 Å². The Morgan fingerprint density at radius 2 is 2.00 bits per heavy atom. The van der Waals surface area contributed by atoms with Gasteiger partial charge in [-0.25, -0.2) is 4.79 Å². The summed E-state index contributed by atoms with van der Waals surface area (Å²) >= 11 is 0.984. The number of carbonyl (C=O) groups is 2. The Balaban J connectivity index is 4.10. The van der Waals surface area contributed by atoms with E-state index in [1.807, 2.05) is 13.8 Å². The Morgan fingerprint density at radius 1 is 1.46 bits per heavy atom. The van der Waals surface area contributed by atoms with Gasteiger partial charge in [-0.05, 0) is 18.6 Å². The van der Waals surface area contributed by atoms with Crippen molar-refractivity contribution in [2.45, 2.75) is 26.3 Å². The average Bonchev–Trinajstić information content (AvgIpc) is 2.02. The van der Waals surface area contributed by atoms with Gasteiger partial charge in [0.05, 0.1) is 0 Å². The fourth-order valence-electron chi connectivity index (χ4n) is 0.894. The first-order valence-corrected chi connectivity index (χ1v) is 5.27. The monoisotopic (exact) mass is 205 g/mol. The smallest absolute Gasteiger partial charge is 0.326 e. The number of hydrogen-bond acceptors (Lipinski definition) is 3. The summed E-state index contributed by atoms with van der Waals surface area (Å²) < 4.78 is 0. The molecule has 0 bridgehead atoms. The second kappa shape index (κ2) is 5.85. The van der Waals surface area contributed by atoms with Gasteiger partial charge in [0, 0.05) is 0 Å². The fourth-order valence-corrected chi connectivity index (χ4v) is 1.15. The van der Waals surface area contributed by atoms with Crippen LogP contribution < -0.4 is 5.32 Å². The Bertz CT molecular complexity index is 194. The highest BCUT2D eigenvalue weighted by Gasteiger charge is 2.20. The van der Waals surface area contributed by atoms with Gasteiger partial charge >= 0.3 is 5.97 Å². The van der Waals surface area contributed by atoms with Crippen molar-refractivity contribution in [3.63, 3.8) is 0 Å². The molecule has 0 aromatic carbocycles. The lowest BCUT2D eigenvalue weighted by Gasteiger charge is -2.15. The summed E-state index contributed by atoms with van der Waals surface area (Å²) in [5.74, 6) is -0.723. The molecule has 0 aliphatic carbocycles. The maximum atomic E-state index is 10.9. The fraction of sp³-hybridized carbons (Fsp3) is 0.750. The molecule has 0 aliphatic rings. The molecule has 0 fully saturated rings. The molecule has 0 rings (SSSR count). The zero-order valence-electron chi connectivity index (χ0n) is 8.03. The summed E-state index contributed by atoms with van der Waals surface area (Å²) in [6, 6.07) is -0.764. The minimum absolute atomic E-state index is 0.253. The lowest BCUT2D eigenvalue weighted by molar-refractivity contribution is -0.139. The van der Waals surface area contributed by atoms with Crippen LogP contribution in [-0.4, -0.2) is 28.6 Å². The first kappa shape index (κ1) is 12.3. The number of carboxylic acid groups (broad SMARTS) is 1. The zero-order chi connectivity index (χ0) is 10.4. The average molecular weight is 205 g/mol. The molecule has 1 amide bonds. The predicted octanol–water partition coefficient (Wildman–Crippen LogP) is 1.56. The second-order valence-corrected chi connectivity index (χ2v) is 3.94. The van der Waals surface area contributed by atoms with E-state index in [4.69, 9.17) is 5.11 Å². The molecule has 5 heteroatoms. The lowest BCUT2D eigenvalue weighted by atomic mass is 10.0. The van der Waals surface area contributed by atoms with Gasteiger partial charge in [-0.15, -0.1) is 0 Å². The zero-order valence-corrected chi connectivity index (χ0v) is 8.85. The van der Waals surface area contributed by atoms with Crippen molar-refractivity contribution >= 4 is 23.0 Å². The number of nitrogens with one attached hydrogen (secondary N) is 1. The first-order chi connectivity index (χ1) is 5.97. The first-order valence-electron chi connectivity index (χ1n) is 4.04. The van der Waals surface area contributed by atoms with Crippen molar-refractivity contribution in [2.75, 3.05) is 6.26 Å². The molecule has 0 radical (unpaired) electrons. The van der Waals surface area contributed by atoms with E-state index < -0.39 is 12.0 Å². The van der Waals surface area contributed by atoms with Crippen molar-refractivity contribution in [2.24, 2.45) is 5.92 Å². The SMILES string of the molecule is CSC(=O)N[C@@H](CC(C)C)C(=O)O. The van der Waals surface area contributed by atoms with Crippen LogP contribution in [0.2, 0.25) is 0 Å². The van der Waals surface area contributed by atoms with E-state index in [-0.39, 0.29) is 11.2 Å². The van der Waals surface area contributed by atoms with Gasteiger partial charge in [-0.1, -0.05) is 25.6 Å². The molecule has 0 saturated carbocycles. The summed E-state index contributed by atoms with van der Waals surface area (Å²) in [5, 5.41) is 10.9. The number of aliphatic carboxylic acids is 1. The molecule has 1 atom stereocenters. The summed E-state index contributed by atoms with van der Waals surface area (Å²) in [6.45, 7) is 3.84. The maximum Gasteiger partial charge on any atom is 0.326 e. The van der Waals surface area contributed by atoms with Crippen LogP contribution in [0.4, 0.5) is 4.79 Å². The molecule has 2 N–H and O–H groups in total. The minimum Gasteiger partial charge on any atom is -0.480 e. The van der Waals surface area contributed by atoms with Crippen LogP contribution in [0.1, 0.15) is 20.3 Å². The lowest BCUT2D eigenvalue weighted by Crippen LogP contribution is -2.39. The topological polar surface area (TPSA) is 66.4 Å². The van der Waals surface area contributed by atoms with Crippen LogP contribution in [0.5, 0.6) is 0 Å². The summed E-state index contributed by atoms with van der Waals surface area (Å²) in [6.07, 6.45) is 2.07. The molecule has 0 aliphatic heterocycles. The largest absolute Gasteiger partial charge is 0.480 e. The van der Waals surface area contributed by atoms with E-state index in [0.717, 1.165) is 11.8 Å². The molecule has 76 valence electrons. The standard InChI is InChI=1S/C8H15NO3S/c1-5(2)4-6(7(10)11)9-8(12)13-3/h5-6H,4H2,1-3H3,(H,9,12)(H,10,11)/t6-/m0/s1. The van der Waals surface area contributed by atoms with Gasteiger partial charge in [0.2, 0.25) is 0 Å². The van der Waals surface area contributed by atoms with Gasteiger partial charge in [0.15, 0.2) is 0 Å². The van der Waals surface area contributed by atoms with Gasteiger partial charge in [-0.2, -0.15) is 0 Å². The molecule has 0 unspecified atom stereocenters. The molecule has 0 saturated heterocycles. The number of carboxylic acids is 1. The predicted molar refractivity (Wildman–Crippen MR) is 52.9 cm³/mol. The minimum atomic E-state index is -0.976. The Morgan fingerprint density at radius 3 is 2.31 bits per heavy atom.